The average molecular weight is 344 g/mol. The van der Waals surface area contributed by atoms with Crippen LogP contribution in [0.25, 0.3) is 10.8 Å². The largest absolute Gasteiger partial charge is 0.444 e. The van der Waals surface area contributed by atoms with E-state index in [-0.39, 0.29) is 11.7 Å². The molecule has 1 aromatic heterocycles. The van der Waals surface area contributed by atoms with Crippen molar-refractivity contribution in [1.82, 2.24) is 19.6 Å². The molecule has 0 spiro atoms. The number of ether oxygens (including phenoxy) is 1. The standard InChI is InChI=1S/C18H24N4O3/c1-18(2,3)25-17(24)21-10-8-20(9-11-21)13-22-16(23)15-7-5-4-6-14(15)12-19-22/h4-7,12H,8-11,13H2,1-3H3. The predicted octanol–water partition coefficient (Wildman–Crippen LogP) is 1.91. The van der Waals surface area contributed by atoms with Gasteiger partial charge in [-0.05, 0) is 26.8 Å². The Kier molecular flexibility index (Phi) is 4.76. The van der Waals surface area contributed by atoms with Gasteiger partial charge in [-0.15, -0.1) is 0 Å². The molecule has 25 heavy (non-hydrogen) atoms. The molecule has 0 aliphatic carbocycles. The van der Waals surface area contributed by atoms with Gasteiger partial charge in [0.05, 0.1) is 18.3 Å². The van der Waals surface area contributed by atoms with Crippen LogP contribution in [0.1, 0.15) is 20.8 Å². The molecular formula is C18H24N4O3. The highest BCUT2D eigenvalue weighted by Gasteiger charge is 2.26. The third-order valence-corrected chi connectivity index (χ3v) is 4.12. The fraction of sp³-hybridized carbons (Fsp3) is 0.500. The summed E-state index contributed by atoms with van der Waals surface area (Å²) in [6.07, 6.45) is 1.43. The van der Waals surface area contributed by atoms with E-state index in [2.05, 4.69) is 10.00 Å². The molecule has 0 N–H and O–H groups in total. The van der Waals surface area contributed by atoms with Crippen LogP contribution in [-0.2, 0) is 11.4 Å². The highest BCUT2D eigenvalue weighted by Crippen LogP contribution is 2.12. The molecule has 7 heteroatoms. The van der Waals surface area contributed by atoms with Crippen LogP contribution in [0.2, 0.25) is 0 Å². The summed E-state index contributed by atoms with van der Waals surface area (Å²) in [5, 5.41) is 5.78. The Morgan fingerprint density at radius 3 is 2.52 bits per heavy atom. The molecule has 0 atom stereocenters. The van der Waals surface area contributed by atoms with E-state index in [1.54, 1.807) is 11.1 Å². The van der Waals surface area contributed by atoms with Crippen LogP contribution in [0, 0.1) is 0 Å². The molecular weight excluding hydrogens is 320 g/mol. The minimum absolute atomic E-state index is 0.0901. The lowest BCUT2D eigenvalue weighted by atomic mass is 10.2. The lowest BCUT2D eigenvalue weighted by Gasteiger charge is -2.35. The molecule has 1 aliphatic heterocycles. The topological polar surface area (TPSA) is 67.7 Å². The number of fused-ring (bicyclic) bond motifs is 1. The van der Waals surface area contributed by atoms with Crippen LogP contribution in [0.15, 0.2) is 35.3 Å². The number of piperazine rings is 1. The molecule has 1 fully saturated rings. The summed E-state index contributed by atoms with van der Waals surface area (Å²) >= 11 is 0. The van der Waals surface area contributed by atoms with Gasteiger partial charge < -0.3 is 9.64 Å². The van der Waals surface area contributed by atoms with Gasteiger partial charge in [-0.2, -0.15) is 5.10 Å². The highest BCUT2D eigenvalue weighted by atomic mass is 16.6. The summed E-state index contributed by atoms with van der Waals surface area (Å²) in [4.78, 5) is 28.4. The summed E-state index contributed by atoms with van der Waals surface area (Å²) in [5.41, 5.74) is -0.580. The highest BCUT2D eigenvalue weighted by molar-refractivity contribution is 5.80. The van der Waals surface area contributed by atoms with Gasteiger partial charge in [0.2, 0.25) is 0 Å². The number of carbonyl (C=O) groups excluding carboxylic acids is 1. The van der Waals surface area contributed by atoms with Crippen molar-refractivity contribution in [2.75, 3.05) is 26.2 Å². The van der Waals surface area contributed by atoms with Crippen LogP contribution in [-0.4, -0.2) is 57.5 Å². The number of aromatic nitrogens is 2. The van der Waals surface area contributed by atoms with E-state index in [9.17, 15) is 9.59 Å². The Bertz CT molecular complexity index is 817. The van der Waals surface area contributed by atoms with Gasteiger partial charge in [-0.25, -0.2) is 9.48 Å². The van der Waals surface area contributed by atoms with Crippen LogP contribution in [0.3, 0.4) is 0 Å². The third-order valence-electron chi connectivity index (χ3n) is 4.12. The average Bonchev–Trinajstić information content (AvgIpc) is 2.57. The zero-order valence-electron chi connectivity index (χ0n) is 14.9. The summed E-state index contributed by atoms with van der Waals surface area (Å²) in [7, 11) is 0. The van der Waals surface area contributed by atoms with E-state index in [0.29, 0.717) is 38.2 Å². The van der Waals surface area contributed by atoms with Crippen molar-refractivity contribution >= 4 is 16.9 Å². The molecule has 134 valence electrons. The van der Waals surface area contributed by atoms with E-state index in [1.807, 2.05) is 45.0 Å². The van der Waals surface area contributed by atoms with Gasteiger partial charge in [0.25, 0.3) is 5.56 Å². The zero-order chi connectivity index (χ0) is 18.0. The minimum atomic E-state index is -0.490. The third kappa shape index (κ3) is 4.17. The van der Waals surface area contributed by atoms with Crippen molar-refractivity contribution < 1.29 is 9.53 Å². The van der Waals surface area contributed by atoms with Crippen LogP contribution in [0.4, 0.5) is 4.79 Å². The number of carbonyl (C=O) groups is 1. The quantitative estimate of drug-likeness (QED) is 0.832. The minimum Gasteiger partial charge on any atom is -0.444 e. The van der Waals surface area contributed by atoms with Gasteiger partial charge in [-0.1, -0.05) is 18.2 Å². The molecule has 1 aliphatic rings. The normalized spacial score (nSPS) is 16.2. The van der Waals surface area contributed by atoms with Gasteiger partial charge in [0.1, 0.15) is 5.60 Å². The Hall–Kier alpha value is -2.41. The summed E-state index contributed by atoms with van der Waals surface area (Å²) in [5.74, 6) is 0. The molecule has 1 amide bonds. The Balaban J connectivity index is 1.62. The van der Waals surface area contributed by atoms with Crippen molar-refractivity contribution in [1.29, 1.82) is 0 Å². The monoisotopic (exact) mass is 344 g/mol. The van der Waals surface area contributed by atoms with Gasteiger partial charge >= 0.3 is 6.09 Å². The lowest BCUT2D eigenvalue weighted by molar-refractivity contribution is 0.0112. The molecule has 0 unspecified atom stereocenters. The first-order valence-electron chi connectivity index (χ1n) is 8.49. The van der Waals surface area contributed by atoms with Crippen molar-refractivity contribution in [3.8, 4) is 0 Å². The summed E-state index contributed by atoms with van der Waals surface area (Å²) in [6.45, 7) is 8.53. The van der Waals surface area contributed by atoms with Gasteiger partial charge in [0, 0.05) is 31.6 Å². The number of amides is 1. The Labute approximate surface area is 146 Å². The summed E-state index contributed by atoms with van der Waals surface area (Å²) in [6, 6.07) is 7.45. The molecule has 3 rings (SSSR count). The maximum atomic E-state index is 12.5. The predicted molar refractivity (Wildman–Crippen MR) is 95.4 cm³/mol. The lowest BCUT2D eigenvalue weighted by Crippen LogP contribution is -2.51. The second-order valence-corrected chi connectivity index (χ2v) is 7.26. The van der Waals surface area contributed by atoms with E-state index in [1.165, 1.54) is 4.68 Å². The van der Waals surface area contributed by atoms with E-state index in [4.69, 9.17) is 4.74 Å². The molecule has 7 nitrogen and oxygen atoms in total. The van der Waals surface area contributed by atoms with Crippen LogP contribution in [0.5, 0.6) is 0 Å². The molecule has 1 saturated heterocycles. The number of nitrogens with zero attached hydrogens (tertiary/aromatic N) is 4. The van der Waals surface area contributed by atoms with Crippen molar-refractivity contribution in [2.24, 2.45) is 0 Å². The van der Waals surface area contributed by atoms with E-state index in [0.717, 1.165) is 5.39 Å². The first-order chi connectivity index (χ1) is 11.8. The maximum absolute atomic E-state index is 12.5. The molecule has 0 saturated carbocycles. The number of rotatable bonds is 2. The molecule has 2 heterocycles. The second kappa shape index (κ2) is 6.84. The van der Waals surface area contributed by atoms with Crippen molar-refractivity contribution in [3.63, 3.8) is 0 Å². The molecule has 2 aromatic rings. The fourth-order valence-corrected chi connectivity index (χ4v) is 2.82. The Morgan fingerprint density at radius 2 is 1.84 bits per heavy atom. The van der Waals surface area contributed by atoms with Crippen LogP contribution >= 0.6 is 0 Å². The number of benzene rings is 1. The molecule has 0 radical (unpaired) electrons. The van der Waals surface area contributed by atoms with Crippen LogP contribution < -0.4 is 5.56 Å². The van der Waals surface area contributed by atoms with Crippen molar-refractivity contribution in [2.45, 2.75) is 33.0 Å². The Morgan fingerprint density at radius 1 is 1.16 bits per heavy atom. The maximum Gasteiger partial charge on any atom is 0.410 e. The van der Waals surface area contributed by atoms with E-state index < -0.39 is 5.60 Å². The SMILES string of the molecule is CC(C)(C)OC(=O)N1CCN(Cn2ncc3ccccc3c2=O)CC1. The van der Waals surface area contributed by atoms with E-state index >= 15 is 0 Å². The zero-order valence-corrected chi connectivity index (χ0v) is 14.9. The smallest absolute Gasteiger partial charge is 0.410 e. The number of hydrogen-bond acceptors (Lipinski definition) is 5. The first-order valence-corrected chi connectivity index (χ1v) is 8.49. The molecule has 0 bridgehead atoms. The van der Waals surface area contributed by atoms with Gasteiger partial charge in [-0.3, -0.25) is 9.69 Å². The fourth-order valence-electron chi connectivity index (χ4n) is 2.82. The number of hydrogen-bond donors (Lipinski definition) is 0. The first kappa shape index (κ1) is 17.4. The van der Waals surface area contributed by atoms with Crippen molar-refractivity contribution in [3.05, 3.63) is 40.8 Å². The second-order valence-electron chi connectivity index (χ2n) is 7.26. The summed E-state index contributed by atoms with van der Waals surface area (Å²) < 4.78 is 6.88. The molecule has 1 aromatic carbocycles. The van der Waals surface area contributed by atoms with Gasteiger partial charge in [0.15, 0.2) is 0 Å².